The van der Waals surface area contributed by atoms with E-state index >= 15 is 0 Å². The average Bonchev–Trinajstić information content (AvgIpc) is 2.53. The van der Waals surface area contributed by atoms with E-state index in [0.717, 1.165) is 5.69 Å². The number of halogens is 1. The smallest absolute Gasteiger partial charge is 0.323 e. The quantitative estimate of drug-likeness (QED) is 0.744. The Balaban J connectivity index is 2.15. The van der Waals surface area contributed by atoms with Crippen molar-refractivity contribution < 1.29 is 9.13 Å². The molecule has 1 aromatic carbocycles. The minimum absolute atomic E-state index is 0.111. The van der Waals surface area contributed by atoms with Crippen LogP contribution in [0.2, 0.25) is 0 Å². The van der Waals surface area contributed by atoms with Gasteiger partial charge in [-0.25, -0.2) is 4.39 Å². The number of para-hydroxylation sites is 1. The Morgan fingerprint density at radius 1 is 1.22 bits per heavy atom. The van der Waals surface area contributed by atoms with Gasteiger partial charge in [0, 0.05) is 12.7 Å². The van der Waals surface area contributed by atoms with Gasteiger partial charge >= 0.3 is 6.01 Å². The van der Waals surface area contributed by atoms with Gasteiger partial charge in [0.1, 0.15) is 12.5 Å². The lowest BCUT2D eigenvalue weighted by Gasteiger charge is -2.25. The maximum atomic E-state index is 13.5. The summed E-state index contributed by atoms with van der Waals surface area (Å²) in [6.07, 6.45) is 0. The lowest BCUT2D eigenvalue weighted by atomic mass is 10.2. The van der Waals surface area contributed by atoms with Gasteiger partial charge < -0.3 is 15.4 Å². The molecule has 0 radical (unpaired) electrons. The summed E-state index contributed by atoms with van der Waals surface area (Å²) in [6, 6.07) is 9.64. The fraction of sp³-hybridized carbons (Fsp3) is 0.357. The summed E-state index contributed by atoms with van der Waals surface area (Å²) in [6.45, 7) is 1.85. The van der Waals surface area contributed by atoms with Crippen molar-refractivity contribution in [3.63, 3.8) is 0 Å². The minimum Gasteiger partial charge on any atom is -0.462 e. The Bertz CT molecular complexity index is 642. The highest BCUT2D eigenvalue weighted by atomic mass is 31.0. The van der Waals surface area contributed by atoms with Crippen molar-refractivity contribution in [3.8, 4) is 6.01 Å². The van der Waals surface area contributed by atoms with Crippen LogP contribution in [0.3, 0.4) is 0 Å². The molecule has 0 amide bonds. The largest absolute Gasteiger partial charge is 0.462 e. The van der Waals surface area contributed by atoms with Crippen LogP contribution in [0.25, 0.3) is 0 Å². The van der Waals surface area contributed by atoms with Gasteiger partial charge in [0.25, 0.3) is 0 Å². The highest BCUT2D eigenvalue weighted by Crippen LogP contribution is 2.29. The predicted molar refractivity (Wildman–Crippen MR) is 97.3 cm³/mol. The van der Waals surface area contributed by atoms with E-state index in [9.17, 15) is 4.39 Å². The Kier molecular flexibility index (Phi) is 6.03. The minimum atomic E-state index is -1.12. The second kappa shape index (κ2) is 7.80. The first-order valence-electron chi connectivity index (χ1n) is 6.98. The number of hydrogen-bond donors (Lipinski definition) is 2. The predicted octanol–water partition coefficient (Wildman–Crippen LogP) is 2.84. The molecule has 0 aliphatic rings. The van der Waals surface area contributed by atoms with Gasteiger partial charge in [0.15, 0.2) is 0 Å². The number of benzene rings is 1. The van der Waals surface area contributed by atoms with Gasteiger partial charge in [-0.15, -0.1) is 9.24 Å². The number of aromatic nitrogens is 3. The summed E-state index contributed by atoms with van der Waals surface area (Å²) in [5, 5.41) is 5.18. The van der Waals surface area contributed by atoms with Crippen molar-refractivity contribution in [2.45, 2.75) is 18.0 Å². The average molecular weight is 355 g/mol. The van der Waals surface area contributed by atoms with E-state index in [1.54, 1.807) is 14.0 Å². The molecule has 0 bridgehead atoms. The fourth-order valence-corrected chi connectivity index (χ4v) is 1.72. The second-order valence-corrected chi connectivity index (χ2v) is 7.11. The normalized spacial score (nSPS) is 14.7. The van der Waals surface area contributed by atoms with Gasteiger partial charge in [-0.2, -0.15) is 15.0 Å². The summed E-state index contributed by atoms with van der Waals surface area (Å²) >= 11 is 0. The third-order valence-electron chi connectivity index (χ3n) is 3.01. The topological polar surface area (TPSA) is 72.0 Å². The number of nitrogens with one attached hydrogen (secondary N) is 2. The zero-order valence-electron chi connectivity index (χ0n) is 13.0. The number of anilines is 3. The van der Waals surface area contributed by atoms with Gasteiger partial charge in [-0.3, -0.25) is 0 Å². The van der Waals surface area contributed by atoms with Crippen LogP contribution in [0, 0.1) is 0 Å². The molecule has 0 aliphatic heterocycles. The lowest BCUT2D eigenvalue weighted by molar-refractivity contribution is 0.222. The van der Waals surface area contributed by atoms with E-state index in [-0.39, 0.29) is 12.6 Å². The first kappa shape index (κ1) is 17.8. The van der Waals surface area contributed by atoms with Crippen molar-refractivity contribution >= 4 is 36.1 Å². The maximum absolute atomic E-state index is 13.5. The molecule has 0 aliphatic carbocycles. The molecule has 0 spiro atoms. The number of nitrogens with zero attached hydrogens (tertiary/aromatic N) is 3. The lowest BCUT2D eigenvalue weighted by Crippen LogP contribution is -2.32. The van der Waals surface area contributed by atoms with E-state index in [2.05, 4.69) is 44.1 Å². The van der Waals surface area contributed by atoms with Crippen LogP contribution in [0.1, 0.15) is 6.92 Å². The second-order valence-electron chi connectivity index (χ2n) is 5.20. The molecule has 2 aromatic rings. The molecule has 124 valence electrons. The third-order valence-corrected chi connectivity index (χ3v) is 4.64. The first-order valence-corrected chi connectivity index (χ1v) is 8.22. The number of rotatable bonds is 7. The molecule has 1 aromatic heterocycles. The van der Waals surface area contributed by atoms with Crippen LogP contribution >= 0.6 is 18.5 Å². The Hall–Kier alpha value is -1.58. The van der Waals surface area contributed by atoms with Crippen LogP contribution in [-0.4, -0.2) is 39.7 Å². The van der Waals surface area contributed by atoms with Crippen LogP contribution < -0.4 is 15.4 Å². The van der Waals surface area contributed by atoms with Crippen molar-refractivity contribution in [1.29, 1.82) is 0 Å². The SMILES string of the molecule is CNc1nc(Nc2ccccc2)nc(OCC(C)(P)C(F)P)n1. The highest BCUT2D eigenvalue weighted by molar-refractivity contribution is 7.24. The monoisotopic (exact) mass is 355 g/mol. The summed E-state index contributed by atoms with van der Waals surface area (Å²) in [4.78, 5) is 12.5. The standard InChI is InChI=1S/C14H20FN5OP2/c1-14(23,10(15)22)8-21-13-19-11(16-2)18-12(20-13)17-9-6-4-3-5-7-9/h3-7,10H,8,22-23H2,1-2H3,(H2,16,17,18,19,20). The number of alkyl halides is 1. The zero-order chi connectivity index (χ0) is 16.9. The third kappa shape index (κ3) is 5.22. The van der Waals surface area contributed by atoms with Crippen molar-refractivity contribution in [2.75, 3.05) is 24.3 Å². The zero-order valence-corrected chi connectivity index (χ0v) is 15.3. The van der Waals surface area contributed by atoms with Gasteiger partial charge in [0.2, 0.25) is 11.9 Å². The Morgan fingerprint density at radius 3 is 2.48 bits per heavy atom. The van der Waals surface area contributed by atoms with Gasteiger partial charge in [-0.1, -0.05) is 27.4 Å². The fourth-order valence-electron chi connectivity index (χ4n) is 1.54. The Labute approximate surface area is 139 Å². The molecular weight excluding hydrogens is 335 g/mol. The summed E-state index contributed by atoms with van der Waals surface area (Å²) in [5.74, 6) is -0.416. The summed E-state index contributed by atoms with van der Waals surface area (Å²) in [7, 11) is 6.27. The van der Waals surface area contributed by atoms with Crippen LogP contribution in [0.4, 0.5) is 22.0 Å². The molecule has 2 N–H and O–H groups in total. The molecule has 6 nitrogen and oxygen atoms in total. The molecule has 4 atom stereocenters. The summed E-state index contributed by atoms with van der Waals surface area (Å²) < 4.78 is 19.0. The molecule has 0 fully saturated rings. The van der Waals surface area contributed by atoms with Crippen LogP contribution in [0.5, 0.6) is 6.01 Å². The maximum Gasteiger partial charge on any atom is 0.323 e. The van der Waals surface area contributed by atoms with Crippen molar-refractivity contribution in [2.24, 2.45) is 0 Å². The van der Waals surface area contributed by atoms with E-state index in [0.29, 0.717) is 11.9 Å². The molecule has 1 heterocycles. The summed E-state index contributed by atoms with van der Waals surface area (Å²) in [5.41, 5.74) is 0.844. The molecule has 23 heavy (non-hydrogen) atoms. The van der Waals surface area contributed by atoms with Crippen LogP contribution in [0.15, 0.2) is 30.3 Å². The number of ether oxygens (including phenoxy) is 1. The molecule has 9 heteroatoms. The van der Waals surface area contributed by atoms with E-state index < -0.39 is 11.1 Å². The Morgan fingerprint density at radius 2 is 1.87 bits per heavy atom. The van der Waals surface area contributed by atoms with E-state index in [1.165, 1.54) is 0 Å². The number of hydrogen-bond acceptors (Lipinski definition) is 6. The first-order chi connectivity index (χ1) is 10.9. The van der Waals surface area contributed by atoms with Crippen molar-refractivity contribution in [3.05, 3.63) is 30.3 Å². The molecule has 0 saturated heterocycles. The molecule has 0 saturated carbocycles. The molecular formula is C14H20FN5OP2. The van der Waals surface area contributed by atoms with E-state index in [4.69, 9.17) is 4.74 Å². The van der Waals surface area contributed by atoms with E-state index in [1.807, 2.05) is 30.3 Å². The van der Waals surface area contributed by atoms with Crippen LogP contribution in [-0.2, 0) is 0 Å². The molecule has 4 unspecified atom stereocenters. The van der Waals surface area contributed by atoms with Gasteiger partial charge in [0.05, 0.1) is 5.16 Å². The highest BCUT2D eigenvalue weighted by Gasteiger charge is 2.27. The molecule has 2 rings (SSSR count). The van der Waals surface area contributed by atoms with Crippen molar-refractivity contribution in [1.82, 2.24) is 15.0 Å². The van der Waals surface area contributed by atoms with Gasteiger partial charge in [-0.05, 0) is 19.1 Å².